The summed E-state index contributed by atoms with van der Waals surface area (Å²) < 4.78 is 4.92. The van der Waals surface area contributed by atoms with Crippen LogP contribution >= 0.6 is 0 Å². The van der Waals surface area contributed by atoms with Crippen LogP contribution in [0.15, 0.2) is 413 Å². The maximum atomic E-state index is 4.83. The molecule has 6 nitrogen and oxygen atoms in total. The third-order valence-corrected chi connectivity index (χ3v) is 24.7. The molecule has 0 radical (unpaired) electrons. The van der Waals surface area contributed by atoms with Crippen LogP contribution < -0.4 is 9.80 Å². The van der Waals surface area contributed by atoms with Gasteiger partial charge in [-0.3, -0.25) is 9.97 Å². The van der Waals surface area contributed by atoms with Crippen LogP contribution in [-0.4, -0.2) is 19.1 Å². The minimum atomic E-state index is -0.0825. The Morgan fingerprint density at radius 1 is 0.214 bits per heavy atom. The van der Waals surface area contributed by atoms with Gasteiger partial charge in [-0.25, -0.2) is 0 Å². The van der Waals surface area contributed by atoms with Crippen molar-refractivity contribution in [2.45, 2.75) is 19.3 Å². The van der Waals surface area contributed by atoms with Crippen molar-refractivity contribution in [3.05, 3.63) is 424 Å². The summed E-state index contributed by atoms with van der Waals surface area (Å²) in [4.78, 5) is 14.3. The normalized spacial score (nSPS) is 12.4. The molecule has 0 N–H and O–H groups in total. The summed E-state index contributed by atoms with van der Waals surface area (Å²) >= 11 is 0. The molecule has 4 heterocycles. The predicted octanol–water partition coefficient (Wildman–Crippen LogP) is 29.9. The standard InChI is InChI=1S/C60H41N3.C51H33N3/c1-60(2)52-20-9-8-18-48(52)49-32-31-45(37-53(49)60)62(42-14-4-3-5-15-42)43-27-22-38(23-28-43)39-24-29-44(30-25-39)63-55-33-26-40-13-12-19-50-46-16-6-7-17-47(46)51-35-41(54-21-10-11-34-61-54)36-56(63)58(51)59(55)57(40)50;1-3-13-38(14-4-1)53(39-15-5-2-6-16-39)40-26-21-34(22-27-40)35-23-28-41(29-24-35)54-47-30-25-36-12-11-19-44-42-17-7-8-18-43(42)45-32-37(46-20-9-10-31-52-46)33-48(54)50(45)51(47)49(36)44/h3-37H,1-2H3;1-33H. The molecule has 4 aromatic heterocycles. The van der Waals surface area contributed by atoms with Crippen LogP contribution in [-0.2, 0) is 5.41 Å². The van der Waals surface area contributed by atoms with Crippen LogP contribution in [0, 0.1) is 0 Å². The Kier molecular flexibility index (Phi) is 15.6. The predicted molar refractivity (Wildman–Crippen MR) is 490 cm³/mol. The molecular weight excluding hydrogens is 1420 g/mol. The van der Waals surface area contributed by atoms with Gasteiger partial charge in [-0.05, 0) is 268 Å². The zero-order chi connectivity index (χ0) is 77.4. The Balaban J connectivity index is 0.000000139. The van der Waals surface area contributed by atoms with E-state index < -0.39 is 0 Å². The molecule has 0 saturated carbocycles. The van der Waals surface area contributed by atoms with Crippen molar-refractivity contribution >= 4 is 99.3 Å². The first-order valence-electron chi connectivity index (χ1n) is 40.3. The van der Waals surface area contributed by atoms with E-state index in [1.54, 1.807) is 0 Å². The maximum absolute atomic E-state index is 4.83. The van der Waals surface area contributed by atoms with Gasteiger partial charge >= 0.3 is 0 Å². The third kappa shape index (κ3) is 10.9. The lowest BCUT2D eigenvalue weighted by Crippen LogP contribution is -2.16. The number of pyridine rings is 2. The van der Waals surface area contributed by atoms with Crippen molar-refractivity contribution < 1.29 is 0 Å². The Labute approximate surface area is 678 Å². The minimum Gasteiger partial charge on any atom is -0.311 e. The second-order valence-electron chi connectivity index (χ2n) is 31.5. The van der Waals surface area contributed by atoms with Gasteiger partial charge in [0.1, 0.15) is 0 Å². The van der Waals surface area contributed by atoms with Gasteiger partial charge in [0.25, 0.3) is 0 Å². The summed E-state index contributed by atoms with van der Waals surface area (Å²) in [6.07, 6.45) is 3.77. The summed E-state index contributed by atoms with van der Waals surface area (Å²) in [5, 5.41) is 10.3. The quantitative estimate of drug-likeness (QED) is 0.122. The van der Waals surface area contributed by atoms with Crippen LogP contribution in [0.5, 0.6) is 0 Å². The molecule has 0 atom stereocenters. The summed E-state index contributed by atoms with van der Waals surface area (Å²) in [6.45, 7) is 4.70. The highest BCUT2D eigenvalue weighted by Gasteiger charge is 2.36. The molecule has 3 aliphatic rings. The number of fused-ring (bicyclic) bond motifs is 9. The van der Waals surface area contributed by atoms with Gasteiger partial charge in [-0.15, -0.1) is 0 Å². The van der Waals surface area contributed by atoms with Crippen LogP contribution in [0.3, 0.4) is 0 Å². The van der Waals surface area contributed by atoms with E-state index in [2.05, 4.69) is 421 Å². The molecule has 548 valence electrons. The molecule has 17 aromatic carbocycles. The average molecular weight is 1490 g/mol. The van der Waals surface area contributed by atoms with Crippen molar-refractivity contribution in [1.82, 2.24) is 19.1 Å². The van der Waals surface area contributed by atoms with E-state index in [1.165, 1.54) is 154 Å². The summed E-state index contributed by atoms with van der Waals surface area (Å²) in [5.74, 6) is 0. The van der Waals surface area contributed by atoms with Gasteiger partial charge in [-0.1, -0.05) is 257 Å². The number of benzene rings is 17. The lowest BCUT2D eigenvalue weighted by molar-refractivity contribution is 0.660. The van der Waals surface area contributed by atoms with E-state index >= 15 is 0 Å². The lowest BCUT2D eigenvalue weighted by Gasteiger charge is -2.28. The van der Waals surface area contributed by atoms with Crippen molar-refractivity contribution in [1.29, 1.82) is 0 Å². The van der Waals surface area contributed by atoms with Crippen molar-refractivity contribution in [3.63, 3.8) is 0 Å². The lowest BCUT2D eigenvalue weighted by atomic mass is 9.82. The number of anilines is 6. The largest absolute Gasteiger partial charge is 0.311 e. The minimum absolute atomic E-state index is 0.0825. The highest BCUT2D eigenvalue weighted by atomic mass is 15.1. The molecule has 0 saturated heterocycles. The smallest absolute Gasteiger partial charge is 0.0702 e. The highest BCUT2D eigenvalue weighted by molar-refractivity contribution is 6.32. The van der Waals surface area contributed by atoms with Crippen LogP contribution in [0.2, 0.25) is 0 Å². The van der Waals surface area contributed by atoms with Crippen molar-refractivity contribution in [3.8, 4) is 112 Å². The number of para-hydroxylation sites is 3. The van der Waals surface area contributed by atoms with Crippen LogP contribution in [0.1, 0.15) is 25.0 Å². The number of hydrogen-bond acceptors (Lipinski definition) is 4. The Morgan fingerprint density at radius 2 is 0.564 bits per heavy atom. The van der Waals surface area contributed by atoms with E-state index in [0.29, 0.717) is 0 Å². The molecule has 0 amide bonds. The average Bonchev–Trinajstić information content (AvgIpc) is 1.54. The molecule has 3 aliphatic carbocycles. The fraction of sp³-hybridized carbons (Fsp3) is 0.0270. The number of aromatic nitrogens is 4. The maximum Gasteiger partial charge on any atom is 0.0702 e. The SMILES string of the molecule is CC1(C)c2ccccc2-c2ccc(N(c3ccccc3)c3ccc(-c4ccc(-n5c6cc(-c7ccccn7)cc7c6c6c8c(cccc8ccc65)-c5ccccc5-7)cc4)cc3)cc21.c1ccc(N(c2ccccc2)c2ccc(-c3ccc(-n4c5cc(-c6ccccn6)cc6c5c5c7c(cccc7ccc54)-c4ccccc4-6)cc3)cc2)cc1. The van der Waals surface area contributed by atoms with E-state index in [1.807, 2.05) is 24.5 Å². The van der Waals surface area contributed by atoms with Gasteiger partial charge in [0.15, 0.2) is 0 Å². The molecule has 6 heteroatoms. The van der Waals surface area contributed by atoms with Crippen molar-refractivity contribution in [2.24, 2.45) is 0 Å². The molecule has 24 rings (SSSR count). The van der Waals surface area contributed by atoms with E-state index in [0.717, 1.165) is 68.0 Å². The van der Waals surface area contributed by atoms with Crippen LogP contribution in [0.25, 0.3) is 177 Å². The van der Waals surface area contributed by atoms with Gasteiger partial charge in [-0.2, -0.15) is 0 Å². The van der Waals surface area contributed by atoms with Gasteiger partial charge in [0.2, 0.25) is 0 Å². The highest BCUT2D eigenvalue weighted by Crippen LogP contribution is 2.55. The number of rotatable bonds is 12. The zero-order valence-corrected chi connectivity index (χ0v) is 64.4. The summed E-state index contributed by atoms with van der Waals surface area (Å²) in [7, 11) is 0. The molecular formula is C111H74N6. The van der Waals surface area contributed by atoms with E-state index in [-0.39, 0.29) is 5.41 Å². The third-order valence-electron chi connectivity index (χ3n) is 24.7. The Morgan fingerprint density at radius 3 is 0.991 bits per heavy atom. The Hall–Kier alpha value is -15.2. The molecule has 0 unspecified atom stereocenters. The Bertz CT molecular complexity index is 7480. The molecule has 21 aromatic rings. The first kappa shape index (κ1) is 67.5. The van der Waals surface area contributed by atoms with Crippen LogP contribution in [0.4, 0.5) is 34.1 Å². The van der Waals surface area contributed by atoms with Gasteiger partial charge in [0, 0.05) is 96.0 Å². The van der Waals surface area contributed by atoms with Gasteiger partial charge in [0.05, 0.1) is 33.5 Å². The topological polar surface area (TPSA) is 42.1 Å². The second-order valence-corrected chi connectivity index (χ2v) is 31.5. The zero-order valence-electron chi connectivity index (χ0n) is 64.4. The van der Waals surface area contributed by atoms with Crippen molar-refractivity contribution in [2.75, 3.05) is 9.80 Å². The van der Waals surface area contributed by atoms with E-state index in [4.69, 9.17) is 9.97 Å². The first-order chi connectivity index (χ1) is 57.8. The molecule has 0 spiro atoms. The number of nitrogens with zero attached hydrogens (tertiary/aromatic N) is 6. The molecule has 117 heavy (non-hydrogen) atoms. The summed E-state index contributed by atoms with van der Waals surface area (Å²) in [5.41, 5.74) is 38.1. The molecule has 0 fully saturated rings. The molecule has 0 aliphatic heterocycles. The van der Waals surface area contributed by atoms with Gasteiger partial charge < -0.3 is 18.9 Å². The van der Waals surface area contributed by atoms with E-state index in [9.17, 15) is 0 Å². The fourth-order valence-electron chi connectivity index (χ4n) is 19.4. The fourth-order valence-corrected chi connectivity index (χ4v) is 19.4. The molecule has 0 bridgehead atoms. The first-order valence-corrected chi connectivity index (χ1v) is 40.3. The summed E-state index contributed by atoms with van der Waals surface area (Å²) in [6, 6.07) is 146. The monoisotopic (exact) mass is 1490 g/mol. The number of hydrogen-bond donors (Lipinski definition) is 0. The second kappa shape index (κ2) is 27.0.